The summed E-state index contributed by atoms with van der Waals surface area (Å²) in [7, 11) is 1.94. The monoisotopic (exact) mass is 657 g/mol. The molecule has 2 aliphatic heterocycles. The second-order valence-electron chi connectivity index (χ2n) is 16.0. The summed E-state index contributed by atoms with van der Waals surface area (Å²) in [5.74, 6) is 1.42. The number of nitrogens with zero attached hydrogens (tertiary/aromatic N) is 1. The quantitative estimate of drug-likeness (QED) is 0.0381. The lowest BCUT2D eigenvalue weighted by molar-refractivity contribution is -0.890. The number of quaternary nitrogens is 1. The molecule has 45 heavy (non-hydrogen) atoms. The van der Waals surface area contributed by atoms with Crippen LogP contribution >= 0.6 is 0 Å². The Balaban J connectivity index is 1.65. The highest BCUT2D eigenvalue weighted by molar-refractivity contribution is 6.60. The highest BCUT2D eigenvalue weighted by Gasteiger charge is 2.45. The van der Waals surface area contributed by atoms with Crippen LogP contribution < -0.4 is 0 Å². The lowest BCUT2D eigenvalue weighted by atomic mass is 9.98. The first-order valence-electron chi connectivity index (χ1n) is 19.6. The fourth-order valence-electron chi connectivity index (χ4n) is 6.51. The van der Waals surface area contributed by atoms with Crippen LogP contribution in [0.2, 0.25) is 6.04 Å². The van der Waals surface area contributed by atoms with Gasteiger partial charge in [-0.2, -0.15) is 0 Å². The van der Waals surface area contributed by atoms with Crippen LogP contribution in [0.15, 0.2) is 0 Å². The molecule has 0 radical (unpaired) electrons. The molecule has 6 nitrogen and oxygen atoms in total. The maximum Gasteiger partial charge on any atom is 0.501 e. The Morgan fingerprint density at radius 1 is 0.622 bits per heavy atom. The van der Waals surface area contributed by atoms with Crippen molar-refractivity contribution in [2.45, 2.75) is 168 Å². The molecule has 2 rings (SSSR count). The van der Waals surface area contributed by atoms with Gasteiger partial charge in [0.25, 0.3) is 0 Å². The van der Waals surface area contributed by atoms with Crippen LogP contribution in [-0.4, -0.2) is 85.7 Å². The molecule has 2 fully saturated rings. The lowest BCUT2D eigenvalue weighted by Crippen LogP contribution is -2.50. The number of unbranched alkanes of at least 4 members (excludes halogenated alkanes) is 15. The van der Waals surface area contributed by atoms with E-state index in [2.05, 4.69) is 48.7 Å². The van der Waals surface area contributed by atoms with E-state index in [0.29, 0.717) is 37.6 Å². The highest BCUT2D eigenvalue weighted by Crippen LogP contribution is 2.27. The summed E-state index contributed by atoms with van der Waals surface area (Å²) in [6.07, 6.45) is 25.1. The van der Waals surface area contributed by atoms with E-state index in [4.69, 9.17) is 22.8 Å². The molecule has 0 saturated carbocycles. The molecule has 268 valence electrons. The van der Waals surface area contributed by atoms with Crippen molar-refractivity contribution in [1.29, 1.82) is 0 Å². The Bertz CT molecular complexity index is 704. The zero-order valence-electron chi connectivity index (χ0n) is 31.3. The molecule has 0 aromatic rings. The van der Waals surface area contributed by atoms with Gasteiger partial charge in [-0.05, 0) is 31.1 Å². The molecule has 0 aliphatic carbocycles. The van der Waals surface area contributed by atoms with E-state index >= 15 is 0 Å². The molecule has 2 saturated heterocycles. The summed E-state index contributed by atoms with van der Waals surface area (Å²) in [6, 6.07) is 0.875. The van der Waals surface area contributed by atoms with Crippen LogP contribution in [0.3, 0.4) is 0 Å². The maximum absolute atomic E-state index is 6.72. The molecule has 2 aliphatic rings. The van der Waals surface area contributed by atoms with Crippen molar-refractivity contribution in [3.05, 3.63) is 0 Å². The van der Waals surface area contributed by atoms with Crippen molar-refractivity contribution in [2.75, 3.05) is 60.2 Å². The van der Waals surface area contributed by atoms with Gasteiger partial charge in [0.1, 0.15) is 6.10 Å². The van der Waals surface area contributed by atoms with Crippen LogP contribution in [0.25, 0.3) is 0 Å². The molecule has 0 N–H and O–H groups in total. The Morgan fingerprint density at radius 3 is 1.64 bits per heavy atom. The molecular formula is C38H78NO5Si+. The Labute approximate surface area is 282 Å². The number of ether oxygens (including phenoxy) is 2. The van der Waals surface area contributed by atoms with Crippen molar-refractivity contribution >= 4 is 8.80 Å². The Morgan fingerprint density at radius 2 is 1.13 bits per heavy atom. The van der Waals surface area contributed by atoms with Gasteiger partial charge >= 0.3 is 8.80 Å². The summed E-state index contributed by atoms with van der Waals surface area (Å²) in [5.41, 5.74) is 0. The summed E-state index contributed by atoms with van der Waals surface area (Å²) < 4.78 is 32.9. The maximum atomic E-state index is 6.72. The van der Waals surface area contributed by atoms with Crippen molar-refractivity contribution < 1.29 is 27.2 Å². The highest BCUT2D eigenvalue weighted by atomic mass is 28.4. The predicted molar refractivity (Wildman–Crippen MR) is 192 cm³/mol. The minimum absolute atomic E-state index is 0.0997. The molecule has 0 aromatic heterocycles. The SMILES string of the molecule is CCCCCCCCCCCCCCCCCC[N+](C)(C)CCC[Si]1(OCC2CO2)OCC(CC(C)C)OCC(C(C)C)CO1. The third-order valence-corrected chi connectivity index (χ3v) is 12.8. The van der Waals surface area contributed by atoms with Gasteiger partial charge in [0.05, 0.1) is 59.7 Å². The zero-order chi connectivity index (χ0) is 32.8. The number of hydrogen-bond donors (Lipinski definition) is 0. The van der Waals surface area contributed by atoms with Crippen molar-refractivity contribution in [1.82, 2.24) is 0 Å². The molecule has 4 unspecified atom stereocenters. The summed E-state index contributed by atoms with van der Waals surface area (Å²) in [5, 5.41) is 0. The van der Waals surface area contributed by atoms with Gasteiger partial charge in [0.2, 0.25) is 0 Å². The van der Waals surface area contributed by atoms with E-state index in [-0.39, 0.29) is 12.2 Å². The summed E-state index contributed by atoms with van der Waals surface area (Å²) in [4.78, 5) is 0. The van der Waals surface area contributed by atoms with E-state index in [0.717, 1.165) is 43.1 Å². The van der Waals surface area contributed by atoms with Crippen molar-refractivity contribution in [3.8, 4) is 0 Å². The van der Waals surface area contributed by atoms with Gasteiger partial charge in [0.15, 0.2) is 0 Å². The average molecular weight is 657 g/mol. The van der Waals surface area contributed by atoms with Gasteiger partial charge in [-0.3, -0.25) is 0 Å². The van der Waals surface area contributed by atoms with E-state index in [1.807, 2.05) is 0 Å². The van der Waals surface area contributed by atoms with Gasteiger partial charge in [0, 0.05) is 25.0 Å². The number of epoxide rings is 1. The predicted octanol–water partition coefficient (Wildman–Crippen LogP) is 9.82. The van der Waals surface area contributed by atoms with Crippen LogP contribution in [0, 0.1) is 17.8 Å². The lowest BCUT2D eigenvalue weighted by Gasteiger charge is -2.34. The van der Waals surface area contributed by atoms with Gasteiger partial charge in [-0.15, -0.1) is 0 Å². The topological polar surface area (TPSA) is 49.5 Å². The van der Waals surface area contributed by atoms with E-state index < -0.39 is 8.80 Å². The molecule has 0 bridgehead atoms. The third-order valence-electron chi connectivity index (χ3n) is 9.98. The number of rotatable bonds is 27. The van der Waals surface area contributed by atoms with Crippen molar-refractivity contribution in [2.24, 2.45) is 17.8 Å². The smallest absolute Gasteiger partial charge is 0.375 e. The van der Waals surface area contributed by atoms with Gasteiger partial charge in [-0.1, -0.05) is 125 Å². The first kappa shape index (κ1) is 41.1. The third kappa shape index (κ3) is 20.8. The zero-order valence-corrected chi connectivity index (χ0v) is 32.3. The van der Waals surface area contributed by atoms with E-state index in [1.54, 1.807) is 0 Å². The van der Waals surface area contributed by atoms with Gasteiger partial charge < -0.3 is 27.2 Å². The minimum atomic E-state index is -2.85. The molecule has 0 spiro atoms. The van der Waals surface area contributed by atoms with Crippen LogP contribution in [0.1, 0.15) is 150 Å². The number of hydrogen-bond acceptors (Lipinski definition) is 5. The molecule has 4 atom stereocenters. The average Bonchev–Trinajstić information content (AvgIpc) is 3.81. The minimum Gasteiger partial charge on any atom is -0.375 e. The Hall–Kier alpha value is -0.0231. The molecule has 2 heterocycles. The van der Waals surface area contributed by atoms with Gasteiger partial charge in [-0.25, -0.2) is 0 Å². The summed E-state index contributed by atoms with van der Waals surface area (Å²) >= 11 is 0. The van der Waals surface area contributed by atoms with E-state index in [9.17, 15) is 0 Å². The van der Waals surface area contributed by atoms with Crippen LogP contribution in [0.5, 0.6) is 0 Å². The fourth-order valence-corrected chi connectivity index (χ4v) is 9.13. The van der Waals surface area contributed by atoms with Crippen LogP contribution in [0.4, 0.5) is 0 Å². The molecule has 7 heteroatoms. The fraction of sp³-hybridized carbons (Fsp3) is 1.00. The van der Waals surface area contributed by atoms with Crippen LogP contribution in [-0.2, 0) is 22.8 Å². The van der Waals surface area contributed by atoms with E-state index in [1.165, 1.54) is 109 Å². The molecule has 0 aromatic carbocycles. The first-order valence-corrected chi connectivity index (χ1v) is 21.5. The second-order valence-corrected chi connectivity index (χ2v) is 18.7. The van der Waals surface area contributed by atoms with Crippen molar-refractivity contribution in [3.63, 3.8) is 0 Å². The second kappa shape index (κ2) is 24.2. The molecular weight excluding hydrogens is 579 g/mol. The Kier molecular flexibility index (Phi) is 22.1. The standard InChI is InChI=1S/C38H78NO5Si/c1-8-9-10-11-12-13-14-15-16-17-18-19-20-21-22-23-25-39(6,7)26-24-27-45(44-33-38-31-41-38)42-30-36(35(4)5)29-40-37(32-43-45)28-34(2)3/h34-38H,8-33H2,1-7H3/q+1. The largest absolute Gasteiger partial charge is 0.501 e. The summed E-state index contributed by atoms with van der Waals surface area (Å²) in [6.45, 7) is 17.1. The normalized spacial score (nSPS) is 24.6. The first-order chi connectivity index (χ1) is 21.6. The molecule has 0 amide bonds.